The predicted molar refractivity (Wildman–Crippen MR) is 122 cm³/mol. The second-order valence-electron chi connectivity index (χ2n) is 7.45. The van der Waals surface area contributed by atoms with Crippen molar-refractivity contribution in [3.63, 3.8) is 0 Å². The van der Waals surface area contributed by atoms with Crippen LogP contribution in [0.15, 0.2) is 48.5 Å². The Morgan fingerprint density at radius 1 is 0.536 bits per heavy atom. The highest BCUT2D eigenvalue weighted by molar-refractivity contribution is 5.46. The number of hydrogen-bond acceptors (Lipinski definition) is 0. The fraction of sp³-hybridized carbons (Fsp3) is 0.429. The molecule has 0 aliphatic heterocycles. The van der Waals surface area contributed by atoms with Crippen molar-refractivity contribution in [1.82, 2.24) is 0 Å². The van der Waals surface area contributed by atoms with Gasteiger partial charge in [-0.15, -0.1) is 0 Å². The van der Waals surface area contributed by atoms with E-state index in [1.165, 1.54) is 63.4 Å². The molecule has 0 nitrogen and oxygen atoms in total. The summed E-state index contributed by atoms with van der Waals surface area (Å²) in [6, 6.07) is 17.0. The molecule has 0 atom stereocenters. The first kappa shape index (κ1) is 21.9. The molecule has 0 amide bonds. The van der Waals surface area contributed by atoms with E-state index in [9.17, 15) is 0 Å². The Labute approximate surface area is 172 Å². The highest BCUT2D eigenvalue weighted by atomic mass is 14.0. The van der Waals surface area contributed by atoms with E-state index in [0.717, 1.165) is 23.1 Å². The third-order valence-corrected chi connectivity index (χ3v) is 4.90. The SMILES string of the molecule is CCCCCCCC#Cc1ccc(C#Cc2ccc(CCCCC)cc2)cc1. The van der Waals surface area contributed by atoms with E-state index < -0.39 is 0 Å². The molecular formula is C28H34. The summed E-state index contributed by atoms with van der Waals surface area (Å²) in [5.74, 6) is 13.1. The van der Waals surface area contributed by atoms with E-state index in [4.69, 9.17) is 0 Å². The number of aryl methyl sites for hydroxylation is 1. The minimum absolute atomic E-state index is 1.000. The maximum Gasteiger partial charge on any atom is 0.0249 e. The first-order valence-electron chi connectivity index (χ1n) is 11.0. The smallest absolute Gasteiger partial charge is 0.0249 e. The molecular weight excluding hydrogens is 336 g/mol. The van der Waals surface area contributed by atoms with E-state index in [1.807, 2.05) is 0 Å². The van der Waals surface area contributed by atoms with Gasteiger partial charge in [-0.05, 0) is 61.2 Å². The number of rotatable bonds is 9. The zero-order valence-corrected chi connectivity index (χ0v) is 17.7. The summed E-state index contributed by atoms with van der Waals surface area (Å²) in [5.41, 5.74) is 4.60. The van der Waals surface area contributed by atoms with Gasteiger partial charge in [0.25, 0.3) is 0 Å². The molecule has 0 aliphatic rings. The monoisotopic (exact) mass is 370 g/mol. The lowest BCUT2D eigenvalue weighted by Crippen LogP contribution is -1.85. The van der Waals surface area contributed by atoms with Crippen molar-refractivity contribution >= 4 is 0 Å². The quantitative estimate of drug-likeness (QED) is 0.316. The molecule has 2 rings (SSSR count). The third kappa shape index (κ3) is 8.97. The third-order valence-electron chi connectivity index (χ3n) is 4.90. The van der Waals surface area contributed by atoms with Gasteiger partial charge in [0.15, 0.2) is 0 Å². The second kappa shape index (κ2) is 13.7. The van der Waals surface area contributed by atoms with E-state index in [0.29, 0.717) is 0 Å². The van der Waals surface area contributed by atoms with Gasteiger partial charge in [-0.25, -0.2) is 0 Å². The van der Waals surface area contributed by atoms with Gasteiger partial charge in [-0.1, -0.05) is 88.2 Å². The van der Waals surface area contributed by atoms with Gasteiger partial charge in [-0.2, -0.15) is 0 Å². The Morgan fingerprint density at radius 2 is 1.04 bits per heavy atom. The number of benzene rings is 2. The summed E-state index contributed by atoms with van der Waals surface area (Å²) >= 11 is 0. The Kier molecular flexibility index (Phi) is 10.7. The van der Waals surface area contributed by atoms with Crippen LogP contribution in [0.5, 0.6) is 0 Å². The molecule has 0 aromatic heterocycles. The zero-order valence-electron chi connectivity index (χ0n) is 17.7. The summed E-state index contributed by atoms with van der Waals surface area (Å²) in [5, 5.41) is 0. The van der Waals surface area contributed by atoms with Crippen LogP contribution in [0.1, 0.15) is 93.9 Å². The van der Waals surface area contributed by atoms with Crippen LogP contribution in [-0.4, -0.2) is 0 Å². The Morgan fingerprint density at radius 3 is 1.64 bits per heavy atom. The van der Waals surface area contributed by atoms with Crippen LogP contribution in [0.25, 0.3) is 0 Å². The van der Waals surface area contributed by atoms with Crippen LogP contribution in [0, 0.1) is 23.7 Å². The average molecular weight is 371 g/mol. The molecule has 0 heteroatoms. The summed E-state index contributed by atoms with van der Waals surface area (Å²) in [4.78, 5) is 0. The minimum Gasteiger partial charge on any atom is -0.0979 e. The topological polar surface area (TPSA) is 0 Å². The van der Waals surface area contributed by atoms with Crippen LogP contribution in [0.2, 0.25) is 0 Å². The van der Waals surface area contributed by atoms with E-state index in [1.54, 1.807) is 0 Å². The molecule has 0 aliphatic carbocycles. The summed E-state index contributed by atoms with van der Waals surface area (Å²) < 4.78 is 0. The van der Waals surface area contributed by atoms with Gasteiger partial charge in [-0.3, -0.25) is 0 Å². The molecule has 0 bridgehead atoms. The van der Waals surface area contributed by atoms with Gasteiger partial charge in [0, 0.05) is 23.1 Å². The normalized spacial score (nSPS) is 9.93. The molecule has 0 unspecified atom stereocenters. The number of hydrogen-bond donors (Lipinski definition) is 0. The van der Waals surface area contributed by atoms with Crippen molar-refractivity contribution in [3.8, 4) is 23.7 Å². The molecule has 0 saturated heterocycles. The Bertz CT molecular complexity index is 786. The van der Waals surface area contributed by atoms with Crippen LogP contribution >= 0.6 is 0 Å². The van der Waals surface area contributed by atoms with Gasteiger partial charge < -0.3 is 0 Å². The lowest BCUT2D eigenvalue weighted by Gasteiger charge is -2.00. The highest BCUT2D eigenvalue weighted by Crippen LogP contribution is 2.09. The van der Waals surface area contributed by atoms with Crippen LogP contribution in [-0.2, 0) is 6.42 Å². The molecule has 28 heavy (non-hydrogen) atoms. The highest BCUT2D eigenvalue weighted by Gasteiger charge is 1.94. The average Bonchev–Trinajstić information content (AvgIpc) is 2.73. The maximum atomic E-state index is 3.29. The van der Waals surface area contributed by atoms with E-state index in [-0.39, 0.29) is 0 Å². The molecule has 0 N–H and O–H groups in total. The van der Waals surface area contributed by atoms with E-state index in [2.05, 4.69) is 86.1 Å². The van der Waals surface area contributed by atoms with Crippen molar-refractivity contribution in [2.45, 2.75) is 78.1 Å². The van der Waals surface area contributed by atoms with Crippen molar-refractivity contribution in [1.29, 1.82) is 0 Å². The number of unbranched alkanes of at least 4 members (excludes halogenated alkanes) is 7. The lowest BCUT2D eigenvalue weighted by molar-refractivity contribution is 0.641. The Hall–Kier alpha value is -2.44. The molecule has 2 aromatic carbocycles. The fourth-order valence-corrected chi connectivity index (χ4v) is 3.10. The lowest BCUT2D eigenvalue weighted by atomic mass is 10.1. The molecule has 0 fully saturated rings. The van der Waals surface area contributed by atoms with Crippen molar-refractivity contribution in [3.05, 3.63) is 70.8 Å². The molecule has 2 aromatic rings. The first-order valence-corrected chi connectivity index (χ1v) is 11.0. The van der Waals surface area contributed by atoms with Crippen LogP contribution < -0.4 is 0 Å². The van der Waals surface area contributed by atoms with Crippen LogP contribution in [0.4, 0.5) is 0 Å². The standard InChI is InChI=1S/C28H34/c1-3-5-7-8-9-10-12-14-26-17-21-28(22-18-26)24-23-27-19-15-25(16-20-27)13-11-6-4-2/h15-22H,3-11,13H2,1-2H3. The molecule has 0 radical (unpaired) electrons. The summed E-state index contributed by atoms with van der Waals surface area (Å²) in [6.07, 6.45) is 12.5. The van der Waals surface area contributed by atoms with Gasteiger partial charge >= 0.3 is 0 Å². The summed E-state index contributed by atoms with van der Waals surface area (Å²) in [7, 11) is 0. The minimum atomic E-state index is 1.000. The van der Waals surface area contributed by atoms with Crippen molar-refractivity contribution in [2.75, 3.05) is 0 Å². The second-order valence-corrected chi connectivity index (χ2v) is 7.45. The first-order chi connectivity index (χ1) is 13.8. The summed E-state index contributed by atoms with van der Waals surface area (Å²) in [6.45, 7) is 4.49. The largest absolute Gasteiger partial charge is 0.0979 e. The molecule has 146 valence electrons. The van der Waals surface area contributed by atoms with Gasteiger partial charge in [0.2, 0.25) is 0 Å². The molecule has 0 saturated carbocycles. The molecule has 0 spiro atoms. The van der Waals surface area contributed by atoms with Crippen molar-refractivity contribution in [2.24, 2.45) is 0 Å². The van der Waals surface area contributed by atoms with Crippen LogP contribution in [0.3, 0.4) is 0 Å². The van der Waals surface area contributed by atoms with Gasteiger partial charge in [0.1, 0.15) is 0 Å². The predicted octanol–water partition coefficient (Wildman–Crippen LogP) is 7.53. The maximum absolute atomic E-state index is 3.29. The Balaban J connectivity index is 1.81. The van der Waals surface area contributed by atoms with Crippen molar-refractivity contribution < 1.29 is 0 Å². The fourth-order valence-electron chi connectivity index (χ4n) is 3.10. The van der Waals surface area contributed by atoms with E-state index >= 15 is 0 Å². The molecule has 0 heterocycles. The van der Waals surface area contributed by atoms with Gasteiger partial charge in [0.05, 0.1) is 0 Å². The zero-order chi connectivity index (χ0) is 19.9.